The van der Waals surface area contributed by atoms with Gasteiger partial charge >= 0.3 is 6.18 Å². The quantitative estimate of drug-likeness (QED) is 0.752. The van der Waals surface area contributed by atoms with E-state index in [1.54, 1.807) is 55.4 Å². The van der Waals surface area contributed by atoms with E-state index in [-0.39, 0.29) is 5.95 Å². The van der Waals surface area contributed by atoms with Gasteiger partial charge in [-0.1, -0.05) is 12.1 Å². The zero-order valence-corrected chi connectivity index (χ0v) is 14.0. The Balaban J connectivity index is 1.98. The van der Waals surface area contributed by atoms with E-state index in [0.29, 0.717) is 11.6 Å². The van der Waals surface area contributed by atoms with Crippen molar-refractivity contribution in [3.05, 3.63) is 66.0 Å². The van der Waals surface area contributed by atoms with E-state index in [1.807, 2.05) is 0 Å². The first-order chi connectivity index (χ1) is 12.4. The van der Waals surface area contributed by atoms with Crippen LogP contribution in [0.2, 0.25) is 0 Å². The number of hydrogen-bond donors (Lipinski definition) is 1. The number of ether oxygens (including phenoxy) is 1. The largest absolute Gasteiger partial charge is 0.497 e. The molecule has 0 radical (unpaired) electrons. The van der Waals surface area contributed by atoms with Crippen molar-refractivity contribution in [1.82, 2.24) is 19.5 Å². The number of aryl methyl sites for hydroxylation is 1. The Hall–Kier alpha value is -3.10. The number of anilines is 1. The molecule has 0 saturated carbocycles. The average Bonchev–Trinajstić information content (AvgIpc) is 3.05. The van der Waals surface area contributed by atoms with Gasteiger partial charge in [-0.25, -0.2) is 15.0 Å². The number of nitrogens with zero attached hydrogens (tertiary/aromatic N) is 4. The van der Waals surface area contributed by atoms with Crippen molar-refractivity contribution in [1.29, 1.82) is 0 Å². The number of hydrogen-bond acceptors (Lipinski definition) is 5. The molecule has 0 spiro atoms. The van der Waals surface area contributed by atoms with Crippen LogP contribution in [-0.2, 0) is 13.2 Å². The summed E-state index contributed by atoms with van der Waals surface area (Å²) in [5.41, 5.74) is -0.232. The number of rotatable bonds is 5. The lowest BCUT2D eigenvalue weighted by atomic mass is 10.1. The van der Waals surface area contributed by atoms with E-state index < -0.39 is 17.9 Å². The maximum atomic E-state index is 12.9. The summed E-state index contributed by atoms with van der Waals surface area (Å²) in [5, 5.41) is 2.94. The van der Waals surface area contributed by atoms with Crippen molar-refractivity contribution in [2.75, 3.05) is 12.4 Å². The van der Waals surface area contributed by atoms with Crippen LogP contribution in [0, 0.1) is 0 Å². The van der Waals surface area contributed by atoms with Crippen LogP contribution in [0.25, 0.3) is 0 Å². The summed E-state index contributed by atoms with van der Waals surface area (Å²) in [4.78, 5) is 11.8. The molecular formula is C17H16F3N5O. The van der Waals surface area contributed by atoms with Gasteiger partial charge in [0.1, 0.15) is 23.3 Å². The van der Waals surface area contributed by atoms with Crippen LogP contribution in [0.5, 0.6) is 5.75 Å². The fourth-order valence-corrected chi connectivity index (χ4v) is 2.46. The molecule has 1 atom stereocenters. The number of halogens is 3. The molecule has 1 unspecified atom stereocenters. The van der Waals surface area contributed by atoms with Crippen LogP contribution in [0.15, 0.2) is 48.9 Å². The normalized spacial score (nSPS) is 12.7. The highest BCUT2D eigenvalue weighted by molar-refractivity contribution is 5.39. The van der Waals surface area contributed by atoms with Gasteiger partial charge < -0.3 is 14.6 Å². The zero-order chi connectivity index (χ0) is 18.7. The van der Waals surface area contributed by atoms with Gasteiger partial charge in [0, 0.05) is 25.6 Å². The number of alkyl halides is 3. The van der Waals surface area contributed by atoms with E-state index in [9.17, 15) is 13.2 Å². The van der Waals surface area contributed by atoms with Crippen LogP contribution in [0.3, 0.4) is 0 Å². The maximum absolute atomic E-state index is 12.9. The first-order valence-electron chi connectivity index (χ1n) is 7.66. The van der Waals surface area contributed by atoms with E-state index in [1.165, 1.54) is 0 Å². The number of nitrogens with one attached hydrogen (secondary N) is 1. The molecule has 0 amide bonds. The van der Waals surface area contributed by atoms with Crippen LogP contribution < -0.4 is 10.1 Å². The van der Waals surface area contributed by atoms with Crippen LogP contribution >= 0.6 is 0 Å². The van der Waals surface area contributed by atoms with Crippen molar-refractivity contribution in [3.63, 3.8) is 0 Å². The van der Waals surface area contributed by atoms with E-state index in [4.69, 9.17) is 4.74 Å². The van der Waals surface area contributed by atoms with Crippen molar-refractivity contribution in [3.8, 4) is 5.75 Å². The van der Waals surface area contributed by atoms with Gasteiger partial charge in [0.25, 0.3) is 0 Å². The molecule has 0 aliphatic rings. The minimum atomic E-state index is -4.54. The summed E-state index contributed by atoms with van der Waals surface area (Å²) in [6.45, 7) is 0. The van der Waals surface area contributed by atoms with E-state index in [0.717, 1.165) is 17.8 Å². The summed E-state index contributed by atoms with van der Waals surface area (Å²) in [6.07, 6.45) is -0.110. The molecule has 9 heteroatoms. The summed E-state index contributed by atoms with van der Waals surface area (Å²) in [7, 11) is 3.35. The number of methoxy groups -OCH3 is 1. The van der Waals surface area contributed by atoms with Gasteiger partial charge in [-0.05, 0) is 23.8 Å². The smallest absolute Gasteiger partial charge is 0.433 e. The molecule has 0 fully saturated rings. The highest BCUT2D eigenvalue weighted by Crippen LogP contribution is 2.29. The molecule has 26 heavy (non-hydrogen) atoms. The molecule has 0 aliphatic carbocycles. The zero-order valence-electron chi connectivity index (χ0n) is 14.0. The molecule has 136 valence electrons. The van der Waals surface area contributed by atoms with Crippen molar-refractivity contribution in [2.45, 2.75) is 12.2 Å². The molecule has 1 aromatic carbocycles. The molecule has 0 saturated heterocycles. The van der Waals surface area contributed by atoms with E-state index >= 15 is 0 Å². The van der Waals surface area contributed by atoms with Crippen molar-refractivity contribution < 1.29 is 17.9 Å². The van der Waals surface area contributed by atoms with Gasteiger partial charge in [0.15, 0.2) is 0 Å². The molecule has 2 aromatic heterocycles. The summed E-state index contributed by atoms with van der Waals surface area (Å²) in [5.74, 6) is 1.14. The molecule has 3 aromatic rings. The maximum Gasteiger partial charge on any atom is 0.433 e. The molecule has 1 N–H and O–H groups in total. The number of benzene rings is 1. The third-order valence-corrected chi connectivity index (χ3v) is 3.79. The van der Waals surface area contributed by atoms with Crippen LogP contribution in [-0.4, -0.2) is 26.6 Å². The second-order valence-corrected chi connectivity index (χ2v) is 5.51. The Morgan fingerprint density at radius 1 is 1.08 bits per heavy atom. The fourth-order valence-electron chi connectivity index (χ4n) is 2.46. The third-order valence-electron chi connectivity index (χ3n) is 3.79. The van der Waals surface area contributed by atoms with E-state index in [2.05, 4.69) is 20.3 Å². The van der Waals surface area contributed by atoms with Crippen molar-refractivity contribution >= 4 is 5.95 Å². The van der Waals surface area contributed by atoms with Gasteiger partial charge in [-0.3, -0.25) is 0 Å². The summed E-state index contributed by atoms with van der Waals surface area (Å²) >= 11 is 0. The summed E-state index contributed by atoms with van der Waals surface area (Å²) < 4.78 is 45.6. The Bertz CT molecular complexity index is 877. The molecule has 3 rings (SSSR count). The van der Waals surface area contributed by atoms with Gasteiger partial charge in [0.05, 0.1) is 7.11 Å². The minimum Gasteiger partial charge on any atom is -0.497 e. The van der Waals surface area contributed by atoms with Gasteiger partial charge in [-0.15, -0.1) is 0 Å². The first-order valence-corrected chi connectivity index (χ1v) is 7.66. The Labute approximate surface area is 147 Å². The second kappa shape index (κ2) is 7.03. The predicted octanol–water partition coefficient (Wildman–Crippen LogP) is 3.44. The number of aromatic nitrogens is 4. The molecule has 0 aliphatic heterocycles. The SMILES string of the molecule is COc1ccc(C(Nc2nccc(C(F)(F)F)n2)c2nccn2C)cc1. The Morgan fingerprint density at radius 2 is 1.81 bits per heavy atom. The summed E-state index contributed by atoms with van der Waals surface area (Å²) in [6, 6.07) is 7.43. The highest BCUT2D eigenvalue weighted by atomic mass is 19.4. The first kappa shape index (κ1) is 17.7. The van der Waals surface area contributed by atoms with Crippen LogP contribution in [0.4, 0.5) is 19.1 Å². The highest BCUT2D eigenvalue weighted by Gasteiger charge is 2.33. The monoisotopic (exact) mass is 363 g/mol. The lowest BCUT2D eigenvalue weighted by molar-refractivity contribution is -0.141. The molecule has 0 bridgehead atoms. The minimum absolute atomic E-state index is 0.136. The Morgan fingerprint density at radius 3 is 2.38 bits per heavy atom. The predicted molar refractivity (Wildman–Crippen MR) is 88.7 cm³/mol. The standard InChI is InChI=1S/C17H16F3N5O/c1-25-10-9-21-15(25)14(11-3-5-12(26-2)6-4-11)24-16-22-8-7-13(23-16)17(18,19)20/h3-10,14H,1-2H3,(H,22,23,24). The van der Waals surface area contributed by atoms with Crippen LogP contribution in [0.1, 0.15) is 23.1 Å². The average molecular weight is 363 g/mol. The van der Waals surface area contributed by atoms with Gasteiger partial charge in [0.2, 0.25) is 5.95 Å². The fraction of sp³-hybridized carbons (Fsp3) is 0.235. The second-order valence-electron chi connectivity index (χ2n) is 5.51. The number of imidazole rings is 1. The lowest BCUT2D eigenvalue weighted by Gasteiger charge is -2.20. The molecule has 6 nitrogen and oxygen atoms in total. The Kier molecular flexibility index (Phi) is 4.79. The third kappa shape index (κ3) is 3.76. The topological polar surface area (TPSA) is 64.9 Å². The van der Waals surface area contributed by atoms with Gasteiger partial charge in [-0.2, -0.15) is 13.2 Å². The molecular weight excluding hydrogens is 347 g/mol. The van der Waals surface area contributed by atoms with Crippen molar-refractivity contribution in [2.24, 2.45) is 7.05 Å². The lowest BCUT2D eigenvalue weighted by Crippen LogP contribution is -2.19. The molecule has 2 heterocycles.